The minimum atomic E-state index is -3.91. The smallest absolute Gasteiger partial charge is 0.410 e. The van der Waals surface area contributed by atoms with Gasteiger partial charge in [-0.1, -0.05) is 54.6 Å². The minimum absolute atomic E-state index is 0.0548. The molecular formula is C40H46N6O6S. The average molecular weight is 739 g/mol. The predicted molar refractivity (Wildman–Crippen MR) is 207 cm³/mol. The van der Waals surface area contributed by atoms with Crippen LogP contribution < -0.4 is 14.4 Å². The predicted octanol–water partition coefficient (Wildman–Crippen LogP) is 8.11. The van der Waals surface area contributed by atoms with Gasteiger partial charge in [0.1, 0.15) is 23.3 Å². The number of methoxy groups -OCH3 is 1. The van der Waals surface area contributed by atoms with Gasteiger partial charge in [-0.3, -0.25) is 0 Å². The Balaban J connectivity index is 1.29. The second-order valence-corrected chi connectivity index (χ2v) is 16.3. The second-order valence-electron chi connectivity index (χ2n) is 14.1. The summed E-state index contributed by atoms with van der Waals surface area (Å²) in [5, 5.41) is 3.96. The number of hydrogen-bond donors (Lipinski definition) is 1. The van der Waals surface area contributed by atoms with E-state index in [1.807, 2.05) is 94.4 Å². The molecule has 1 aliphatic heterocycles. The van der Waals surface area contributed by atoms with Gasteiger partial charge < -0.3 is 24.4 Å². The van der Waals surface area contributed by atoms with Gasteiger partial charge in [0.15, 0.2) is 0 Å². The first kappa shape index (κ1) is 37.5. The van der Waals surface area contributed by atoms with Crippen LogP contribution in [0.25, 0.3) is 22.0 Å². The van der Waals surface area contributed by atoms with Crippen LogP contribution in [0.5, 0.6) is 11.6 Å². The molecule has 1 aliphatic rings. The second kappa shape index (κ2) is 15.8. The summed E-state index contributed by atoms with van der Waals surface area (Å²) in [4.78, 5) is 28.3. The van der Waals surface area contributed by atoms with E-state index in [9.17, 15) is 13.2 Å². The average Bonchev–Trinajstić information content (AvgIpc) is 3.14. The number of aryl methyl sites for hydroxylation is 1. The zero-order valence-corrected chi connectivity index (χ0v) is 31.8. The molecule has 5 aromatic rings. The van der Waals surface area contributed by atoms with E-state index in [4.69, 9.17) is 19.2 Å². The van der Waals surface area contributed by atoms with Crippen LogP contribution >= 0.6 is 0 Å². The molecule has 1 saturated heterocycles. The van der Waals surface area contributed by atoms with Gasteiger partial charge >= 0.3 is 6.09 Å². The molecule has 13 heteroatoms. The van der Waals surface area contributed by atoms with Gasteiger partial charge in [0, 0.05) is 49.4 Å². The Morgan fingerprint density at radius 1 is 0.981 bits per heavy atom. The Morgan fingerprint density at radius 2 is 1.77 bits per heavy atom. The minimum Gasteiger partial charge on any atom is -0.444 e. The van der Waals surface area contributed by atoms with Gasteiger partial charge in [-0.25, -0.2) is 32.5 Å². The lowest BCUT2D eigenvalue weighted by Crippen LogP contribution is -2.47. The first-order chi connectivity index (χ1) is 25.4. The van der Waals surface area contributed by atoms with Gasteiger partial charge in [-0.2, -0.15) is 0 Å². The zero-order chi connectivity index (χ0) is 37.8. The van der Waals surface area contributed by atoms with Crippen LogP contribution in [0.2, 0.25) is 0 Å². The molecular weight excluding hydrogens is 693 g/mol. The fourth-order valence-electron chi connectivity index (χ4n) is 6.37. The van der Waals surface area contributed by atoms with Crippen molar-refractivity contribution in [1.82, 2.24) is 19.9 Å². The Morgan fingerprint density at radius 3 is 2.53 bits per heavy atom. The number of piperidine rings is 1. The van der Waals surface area contributed by atoms with E-state index in [0.29, 0.717) is 63.9 Å². The van der Waals surface area contributed by atoms with Crippen LogP contribution in [0.1, 0.15) is 56.9 Å². The molecule has 3 heterocycles. The van der Waals surface area contributed by atoms with Crippen molar-refractivity contribution in [2.24, 2.45) is 0 Å². The number of sulfonamides is 1. The highest BCUT2D eigenvalue weighted by atomic mass is 32.2. The molecule has 1 unspecified atom stereocenters. The number of likely N-dealkylation sites (tertiary alicyclic amines) is 1. The van der Waals surface area contributed by atoms with Crippen molar-refractivity contribution in [3.8, 4) is 22.9 Å². The zero-order valence-electron chi connectivity index (χ0n) is 30.9. The normalized spacial score (nSPS) is 15.5. The molecule has 6 rings (SSSR count). The molecule has 2 atom stereocenters. The Labute approximate surface area is 311 Å². The lowest BCUT2D eigenvalue weighted by Gasteiger charge is -2.34. The van der Waals surface area contributed by atoms with Crippen molar-refractivity contribution in [3.05, 3.63) is 102 Å². The summed E-state index contributed by atoms with van der Waals surface area (Å²) >= 11 is 0. The van der Waals surface area contributed by atoms with Gasteiger partial charge in [0.2, 0.25) is 21.9 Å². The van der Waals surface area contributed by atoms with Crippen molar-refractivity contribution in [1.29, 1.82) is 0 Å². The fourth-order valence-corrected chi connectivity index (χ4v) is 7.94. The molecule has 12 nitrogen and oxygen atoms in total. The van der Waals surface area contributed by atoms with Crippen molar-refractivity contribution < 1.29 is 27.4 Å². The summed E-state index contributed by atoms with van der Waals surface area (Å²) in [5.41, 5.74) is 2.65. The number of hydrogen-bond acceptors (Lipinski definition) is 10. The Kier molecular flexibility index (Phi) is 11.2. The molecule has 1 N–H and O–H groups in total. The summed E-state index contributed by atoms with van der Waals surface area (Å²) in [6.07, 6.45) is 4.67. The maximum atomic E-state index is 14.1. The van der Waals surface area contributed by atoms with Crippen LogP contribution in [-0.4, -0.2) is 72.9 Å². The summed E-state index contributed by atoms with van der Waals surface area (Å²) in [7, 11) is -2.43. The van der Waals surface area contributed by atoms with E-state index in [-0.39, 0.29) is 18.9 Å². The van der Waals surface area contributed by atoms with E-state index in [0.717, 1.165) is 18.4 Å². The van der Waals surface area contributed by atoms with Crippen molar-refractivity contribution >= 4 is 38.5 Å². The number of carbonyl (C=O) groups excluding carboxylic acids is 1. The standard InChI is InChI=1S/C40H46N6O6S/c1-27-19-20-31-32(16-10-18-35(31)46(26-50-6)53(48,49)28(2)29-13-8-7-9-14-29)36(27)51-37-33(17-11-22-41-37)34-21-23-42-38(44-34)43-30-15-12-24-45(25-30)39(47)52-40(3,4)5/h7-11,13-14,16-23,28,30H,12,15,24-26H2,1-6H3,(H,42,43,44)/t28?,30-/m0/s1. The molecule has 1 fully saturated rings. The maximum absolute atomic E-state index is 14.1. The van der Waals surface area contributed by atoms with Crippen molar-refractivity contribution in [2.75, 3.05) is 36.6 Å². The van der Waals surface area contributed by atoms with E-state index in [1.165, 1.54) is 11.4 Å². The van der Waals surface area contributed by atoms with Crippen LogP contribution in [0.3, 0.4) is 0 Å². The summed E-state index contributed by atoms with van der Waals surface area (Å²) in [6.45, 7) is 10.1. The number of amides is 1. The molecule has 0 saturated carbocycles. The number of nitrogens with zero attached hydrogens (tertiary/aromatic N) is 5. The molecule has 278 valence electrons. The molecule has 0 bridgehead atoms. The van der Waals surface area contributed by atoms with Crippen LogP contribution in [-0.2, 0) is 19.5 Å². The molecule has 0 radical (unpaired) electrons. The Bertz CT molecular complexity index is 2180. The molecule has 2 aromatic heterocycles. The van der Waals surface area contributed by atoms with Gasteiger partial charge in [0.05, 0.1) is 16.9 Å². The van der Waals surface area contributed by atoms with E-state index < -0.39 is 20.9 Å². The number of anilines is 2. The Hall–Kier alpha value is -5.27. The van der Waals surface area contributed by atoms with E-state index in [1.54, 1.807) is 36.4 Å². The van der Waals surface area contributed by atoms with E-state index >= 15 is 0 Å². The lowest BCUT2D eigenvalue weighted by atomic mass is 10.0. The molecule has 53 heavy (non-hydrogen) atoms. The number of rotatable bonds is 11. The highest BCUT2D eigenvalue weighted by molar-refractivity contribution is 7.93. The van der Waals surface area contributed by atoms with Gasteiger partial charge in [-0.15, -0.1) is 0 Å². The number of carbonyl (C=O) groups is 1. The largest absolute Gasteiger partial charge is 0.444 e. The third-order valence-electron chi connectivity index (χ3n) is 9.03. The fraction of sp³-hybridized carbons (Fsp3) is 0.350. The third-order valence-corrected chi connectivity index (χ3v) is 11.1. The quantitative estimate of drug-likeness (QED) is 0.132. The van der Waals surface area contributed by atoms with Crippen LogP contribution in [0.4, 0.5) is 16.4 Å². The summed E-state index contributed by atoms with van der Waals surface area (Å²) in [6, 6.07) is 23.8. The monoisotopic (exact) mass is 738 g/mol. The van der Waals surface area contributed by atoms with Gasteiger partial charge in [0.25, 0.3) is 0 Å². The van der Waals surface area contributed by atoms with E-state index in [2.05, 4.69) is 15.3 Å². The van der Waals surface area contributed by atoms with Crippen molar-refractivity contribution in [3.63, 3.8) is 0 Å². The topological polar surface area (TPSA) is 136 Å². The van der Waals surface area contributed by atoms with Crippen LogP contribution in [0.15, 0.2) is 91.3 Å². The first-order valence-electron chi connectivity index (χ1n) is 17.6. The van der Waals surface area contributed by atoms with Crippen LogP contribution in [0, 0.1) is 6.92 Å². The SMILES string of the molecule is COCN(c1cccc2c(Oc3ncccc3-c3ccnc(N[C@H]4CCCN(C(=O)OC(C)(C)C)C4)n3)c(C)ccc12)S(=O)(=O)C(C)c1ccccc1. The summed E-state index contributed by atoms with van der Waals surface area (Å²) < 4.78 is 47.2. The first-order valence-corrected chi connectivity index (χ1v) is 19.1. The number of fused-ring (bicyclic) bond motifs is 1. The van der Waals surface area contributed by atoms with Crippen molar-refractivity contribution in [2.45, 2.75) is 64.4 Å². The number of nitrogens with one attached hydrogen (secondary N) is 1. The maximum Gasteiger partial charge on any atom is 0.410 e. The number of benzene rings is 3. The number of ether oxygens (including phenoxy) is 3. The summed E-state index contributed by atoms with van der Waals surface area (Å²) in [5.74, 6) is 1.28. The highest BCUT2D eigenvalue weighted by Gasteiger charge is 2.32. The highest BCUT2D eigenvalue weighted by Crippen LogP contribution is 2.41. The third kappa shape index (κ3) is 8.52. The van der Waals surface area contributed by atoms with Gasteiger partial charge in [-0.05, 0) is 82.9 Å². The lowest BCUT2D eigenvalue weighted by molar-refractivity contribution is 0.0206. The number of aromatic nitrogens is 3. The molecule has 1 amide bonds. The molecule has 0 aliphatic carbocycles. The molecule has 0 spiro atoms. The molecule has 3 aromatic carbocycles. The number of pyridine rings is 1.